The summed E-state index contributed by atoms with van der Waals surface area (Å²) in [5, 5.41) is 16.9. The lowest BCUT2D eigenvalue weighted by molar-refractivity contribution is -0.384. The van der Waals surface area contributed by atoms with Gasteiger partial charge in [-0.15, -0.1) is 0 Å². The van der Waals surface area contributed by atoms with E-state index in [-0.39, 0.29) is 11.6 Å². The zero-order chi connectivity index (χ0) is 15.2. The number of benzene rings is 1. The van der Waals surface area contributed by atoms with Crippen LogP contribution in [-0.2, 0) is 4.79 Å². The maximum atomic E-state index is 11.5. The van der Waals surface area contributed by atoms with E-state index in [9.17, 15) is 14.9 Å². The minimum Gasteiger partial charge on any atom is -0.496 e. The van der Waals surface area contributed by atoms with E-state index in [1.165, 1.54) is 13.2 Å². The lowest BCUT2D eigenvalue weighted by Gasteiger charge is -2.08. The summed E-state index contributed by atoms with van der Waals surface area (Å²) in [7, 11) is 1.46. The van der Waals surface area contributed by atoms with Crippen LogP contribution in [0.15, 0.2) is 18.2 Å². The maximum Gasteiger partial charge on any atom is 0.296 e. The van der Waals surface area contributed by atoms with Crippen LogP contribution in [0, 0.1) is 10.1 Å². The van der Waals surface area contributed by atoms with Gasteiger partial charge >= 0.3 is 0 Å². The SMILES string of the molecule is COc1ccc(NCCCC(=O)NC2CC2)c([N+](=O)[O-])c1. The zero-order valence-corrected chi connectivity index (χ0v) is 11.9. The topological polar surface area (TPSA) is 93.5 Å². The number of nitrogens with one attached hydrogen (secondary N) is 2. The Balaban J connectivity index is 1.81. The summed E-state index contributed by atoms with van der Waals surface area (Å²) >= 11 is 0. The summed E-state index contributed by atoms with van der Waals surface area (Å²) in [4.78, 5) is 22.1. The first-order valence-corrected chi connectivity index (χ1v) is 6.96. The van der Waals surface area contributed by atoms with Gasteiger partial charge in [0.1, 0.15) is 11.4 Å². The number of nitro groups is 1. The van der Waals surface area contributed by atoms with Gasteiger partial charge in [0.05, 0.1) is 18.1 Å². The van der Waals surface area contributed by atoms with Gasteiger partial charge in [-0.2, -0.15) is 0 Å². The van der Waals surface area contributed by atoms with Gasteiger partial charge < -0.3 is 15.4 Å². The molecule has 0 heterocycles. The number of carbonyl (C=O) groups is 1. The van der Waals surface area contributed by atoms with Crippen molar-refractivity contribution in [2.45, 2.75) is 31.7 Å². The quantitative estimate of drug-likeness (QED) is 0.435. The van der Waals surface area contributed by atoms with Crippen molar-refractivity contribution >= 4 is 17.3 Å². The Bertz CT molecular complexity index is 529. The molecule has 1 saturated carbocycles. The molecule has 2 N–H and O–H groups in total. The minimum absolute atomic E-state index is 0.0308. The molecule has 114 valence electrons. The van der Waals surface area contributed by atoms with Crippen LogP contribution in [-0.4, -0.2) is 30.5 Å². The van der Waals surface area contributed by atoms with Crippen molar-refractivity contribution in [3.05, 3.63) is 28.3 Å². The number of nitro benzene ring substituents is 1. The van der Waals surface area contributed by atoms with Crippen LogP contribution >= 0.6 is 0 Å². The number of methoxy groups -OCH3 is 1. The number of amides is 1. The summed E-state index contributed by atoms with van der Waals surface area (Å²) in [6.45, 7) is 0.505. The van der Waals surface area contributed by atoms with Crippen molar-refractivity contribution in [1.29, 1.82) is 0 Å². The fourth-order valence-electron chi connectivity index (χ4n) is 1.94. The second-order valence-corrected chi connectivity index (χ2v) is 5.01. The second-order valence-electron chi connectivity index (χ2n) is 5.01. The monoisotopic (exact) mass is 293 g/mol. The first kappa shape index (κ1) is 15.1. The molecule has 1 aromatic carbocycles. The molecule has 0 aliphatic heterocycles. The smallest absolute Gasteiger partial charge is 0.296 e. The highest BCUT2D eigenvalue weighted by molar-refractivity contribution is 5.76. The Morgan fingerprint density at radius 1 is 1.48 bits per heavy atom. The molecule has 0 radical (unpaired) electrons. The van der Waals surface area contributed by atoms with Crippen LogP contribution in [0.4, 0.5) is 11.4 Å². The number of nitrogens with zero attached hydrogens (tertiary/aromatic N) is 1. The lowest BCUT2D eigenvalue weighted by Crippen LogP contribution is -2.25. The second kappa shape index (κ2) is 6.92. The third-order valence-electron chi connectivity index (χ3n) is 3.24. The fraction of sp³-hybridized carbons (Fsp3) is 0.500. The number of anilines is 1. The molecule has 2 rings (SSSR count). The summed E-state index contributed by atoms with van der Waals surface area (Å²) < 4.78 is 4.97. The predicted molar refractivity (Wildman–Crippen MR) is 78.5 cm³/mol. The highest BCUT2D eigenvalue weighted by atomic mass is 16.6. The Kier molecular flexibility index (Phi) is 4.97. The standard InChI is InChI=1S/C14H19N3O4/c1-21-11-6-7-12(13(9-11)17(19)20)15-8-2-3-14(18)16-10-4-5-10/h6-7,9-10,15H,2-5,8H2,1H3,(H,16,18). The number of rotatable bonds is 8. The van der Waals surface area contributed by atoms with E-state index < -0.39 is 4.92 Å². The van der Waals surface area contributed by atoms with Gasteiger partial charge in [0.2, 0.25) is 5.91 Å². The molecular weight excluding hydrogens is 274 g/mol. The Morgan fingerprint density at radius 2 is 2.24 bits per heavy atom. The number of hydrogen-bond acceptors (Lipinski definition) is 5. The van der Waals surface area contributed by atoms with E-state index in [1.807, 2.05) is 0 Å². The number of ether oxygens (including phenoxy) is 1. The van der Waals surface area contributed by atoms with E-state index in [2.05, 4.69) is 10.6 Å². The van der Waals surface area contributed by atoms with Crippen molar-refractivity contribution in [3.63, 3.8) is 0 Å². The average Bonchev–Trinajstić information content (AvgIpc) is 3.27. The van der Waals surface area contributed by atoms with Gasteiger partial charge in [-0.3, -0.25) is 14.9 Å². The van der Waals surface area contributed by atoms with E-state index in [0.29, 0.717) is 36.9 Å². The molecule has 1 aliphatic rings. The molecule has 7 nitrogen and oxygen atoms in total. The molecular formula is C14H19N3O4. The predicted octanol–water partition coefficient (Wildman–Crippen LogP) is 2.07. The average molecular weight is 293 g/mol. The largest absolute Gasteiger partial charge is 0.496 e. The highest BCUT2D eigenvalue weighted by Crippen LogP contribution is 2.28. The van der Waals surface area contributed by atoms with Gasteiger partial charge in [0, 0.05) is 19.0 Å². The van der Waals surface area contributed by atoms with Gasteiger partial charge in [-0.25, -0.2) is 0 Å². The zero-order valence-electron chi connectivity index (χ0n) is 11.9. The molecule has 7 heteroatoms. The maximum absolute atomic E-state index is 11.5. The summed E-state index contributed by atoms with van der Waals surface area (Å²) in [6, 6.07) is 5.02. The molecule has 1 fully saturated rings. The van der Waals surface area contributed by atoms with Crippen LogP contribution in [0.25, 0.3) is 0 Å². The third kappa shape index (κ3) is 4.62. The molecule has 0 aromatic heterocycles. The summed E-state index contributed by atoms with van der Waals surface area (Å²) in [6.07, 6.45) is 3.19. The molecule has 0 spiro atoms. The van der Waals surface area contributed by atoms with Crippen molar-refractivity contribution in [2.24, 2.45) is 0 Å². The Labute approximate surface area is 122 Å². The Hall–Kier alpha value is -2.31. The minimum atomic E-state index is -0.454. The van der Waals surface area contributed by atoms with Crippen molar-refractivity contribution in [2.75, 3.05) is 19.0 Å². The number of carbonyl (C=O) groups excluding carboxylic acids is 1. The van der Waals surface area contributed by atoms with E-state index >= 15 is 0 Å². The summed E-state index contributed by atoms with van der Waals surface area (Å²) in [5.41, 5.74) is 0.403. The van der Waals surface area contributed by atoms with E-state index in [1.54, 1.807) is 12.1 Å². The van der Waals surface area contributed by atoms with Crippen LogP contribution in [0.5, 0.6) is 5.75 Å². The van der Waals surface area contributed by atoms with Crippen LogP contribution in [0.3, 0.4) is 0 Å². The molecule has 1 aromatic rings. The van der Waals surface area contributed by atoms with Crippen LogP contribution in [0.1, 0.15) is 25.7 Å². The molecule has 0 bridgehead atoms. The first-order valence-electron chi connectivity index (χ1n) is 6.96. The molecule has 0 atom stereocenters. The first-order chi connectivity index (χ1) is 10.1. The van der Waals surface area contributed by atoms with Gasteiger partial charge in [0.25, 0.3) is 5.69 Å². The third-order valence-corrected chi connectivity index (χ3v) is 3.24. The van der Waals surface area contributed by atoms with Crippen molar-refractivity contribution < 1.29 is 14.5 Å². The van der Waals surface area contributed by atoms with Gasteiger partial charge in [-0.1, -0.05) is 0 Å². The van der Waals surface area contributed by atoms with Crippen LogP contribution in [0.2, 0.25) is 0 Å². The van der Waals surface area contributed by atoms with E-state index in [4.69, 9.17) is 4.74 Å². The van der Waals surface area contributed by atoms with Gasteiger partial charge in [0.15, 0.2) is 0 Å². The fourth-order valence-corrected chi connectivity index (χ4v) is 1.94. The van der Waals surface area contributed by atoms with Crippen molar-refractivity contribution in [3.8, 4) is 5.75 Å². The van der Waals surface area contributed by atoms with E-state index in [0.717, 1.165) is 12.8 Å². The molecule has 1 aliphatic carbocycles. The number of hydrogen-bond donors (Lipinski definition) is 2. The van der Waals surface area contributed by atoms with Gasteiger partial charge in [-0.05, 0) is 31.4 Å². The lowest BCUT2D eigenvalue weighted by atomic mass is 10.2. The Morgan fingerprint density at radius 3 is 2.86 bits per heavy atom. The van der Waals surface area contributed by atoms with Crippen molar-refractivity contribution in [1.82, 2.24) is 5.32 Å². The molecule has 21 heavy (non-hydrogen) atoms. The summed E-state index contributed by atoms with van der Waals surface area (Å²) in [5.74, 6) is 0.486. The normalized spacial score (nSPS) is 13.6. The molecule has 1 amide bonds. The molecule has 0 saturated heterocycles. The van der Waals surface area contributed by atoms with Crippen LogP contribution < -0.4 is 15.4 Å². The highest BCUT2D eigenvalue weighted by Gasteiger charge is 2.22. The molecule has 0 unspecified atom stereocenters.